The summed E-state index contributed by atoms with van der Waals surface area (Å²) in [6.07, 6.45) is 2.65. The average molecular weight is 226 g/mol. The van der Waals surface area contributed by atoms with Gasteiger partial charge in [0.25, 0.3) is 0 Å². The third kappa shape index (κ3) is 8.48. The van der Waals surface area contributed by atoms with Crippen LogP contribution in [0.3, 0.4) is 0 Å². The number of thiocarbonyl (C=S) groups is 1. The van der Waals surface area contributed by atoms with Gasteiger partial charge in [-0.3, -0.25) is 0 Å². The summed E-state index contributed by atoms with van der Waals surface area (Å²) in [5.74, 6) is 0. The molecular formula is C7H15FOS2Si. The van der Waals surface area contributed by atoms with Crippen LogP contribution in [0.1, 0.15) is 6.42 Å². The molecule has 0 aliphatic heterocycles. The summed E-state index contributed by atoms with van der Waals surface area (Å²) in [4.78, 5) is 0. The van der Waals surface area contributed by atoms with E-state index in [9.17, 15) is 4.11 Å². The largest absolute Gasteiger partial charge is 0.479 e. The van der Waals surface area contributed by atoms with Crippen LogP contribution in [0.25, 0.3) is 0 Å². The van der Waals surface area contributed by atoms with Gasteiger partial charge in [-0.05, 0) is 44.0 Å². The molecular weight excluding hydrogens is 211 g/mol. The molecule has 0 aliphatic rings. The predicted octanol–water partition coefficient (Wildman–Crippen LogP) is 3.22. The van der Waals surface area contributed by atoms with E-state index in [4.69, 9.17) is 17.0 Å². The number of hydrogen-bond acceptors (Lipinski definition) is 3. The molecule has 0 saturated carbocycles. The number of thioether (sulfide) groups is 1. The minimum Gasteiger partial charge on any atom is -0.479 e. The Kier molecular flexibility index (Phi) is 6.13. The molecule has 0 aromatic carbocycles. The van der Waals surface area contributed by atoms with Crippen molar-refractivity contribution in [3.8, 4) is 0 Å². The zero-order valence-corrected chi connectivity index (χ0v) is 10.4. The van der Waals surface area contributed by atoms with Crippen molar-refractivity contribution in [1.29, 1.82) is 0 Å². The van der Waals surface area contributed by atoms with Gasteiger partial charge in [-0.25, -0.2) is 0 Å². The standard InChI is InChI=1S/C7H15FOS2Si/c1-11-7(10)9-5-4-6-12(2,3)8/h4-6H2,1-3H3. The number of hydrogen-bond donors (Lipinski definition) is 0. The molecule has 12 heavy (non-hydrogen) atoms. The van der Waals surface area contributed by atoms with Crippen LogP contribution in [-0.2, 0) is 4.74 Å². The lowest BCUT2D eigenvalue weighted by Crippen LogP contribution is -2.18. The summed E-state index contributed by atoms with van der Waals surface area (Å²) in [6.45, 7) is 3.97. The molecule has 0 bridgehead atoms. The lowest BCUT2D eigenvalue weighted by molar-refractivity contribution is 0.320. The molecule has 0 heterocycles. The molecule has 0 N–H and O–H groups in total. The summed E-state index contributed by atoms with van der Waals surface area (Å²) in [7, 11) is -2.37. The number of halogens is 1. The Labute approximate surface area is 84.2 Å². The van der Waals surface area contributed by atoms with E-state index in [0.717, 1.165) is 6.42 Å². The van der Waals surface area contributed by atoms with Crippen LogP contribution in [0, 0.1) is 0 Å². The Morgan fingerprint density at radius 3 is 2.58 bits per heavy atom. The first-order chi connectivity index (χ1) is 5.45. The molecule has 0 rings (SSSR count). The Morgan fingerprint density at radius 2 is 2.17 bits per heavy atom. The summed E-state index contributed by atoms with van der Waals surface area (Å²) in [5.41, 5.74) is 0. The maximum Gasteiger partial charge on any atom is 0.241 e. The second-order valence-corrected chi connectivity index (χ2v) is 8.47. The Hall–Kier alpha value is 0.387. The van der Waals surface area contributed by atoms with Crippen molar-refractivity contribution < 1.29 is 8.84 Å². The third-order valence-corrected chi connectivity index (χ3v) is 3.91. The Morgan fingerprint density at radius 1 is 1.58 bits per heavy atom. The van der Waals surface area contributed by atoms with E-state index in [-0.39, 0.29) is 0 Å². The van der Waals surface area contributed by atoms with Crippen molar-refractivity contribution >= 4 is 36.8 Å². The highest BCUT2D eigenvalue weighted by Gasteiger charge is 2.19. The minimum absolute atomic E-state index is 0.549. The highest BCUT2D eigenvalue weighted by atomic mass is 32.2. The number of rotatable bonds is 4. The van der Waals surface area contributed by atoms with Crippen LogP contribution in [-0.4, -0.2) is 25.7 Å². The molecule has 0 unspecified atom stereocenters. The highest BCUT2D eigenvalue weighted by molar-refractivity contribution is 8.22. The van der Waals surface area contributed by atoms with Gasteiger partial charge in [0.2, 0.25) is 12.8 Å². The smallest absolute Gasteiger partial charge is 0.241 e. The fraction of sp³-hybridized carbons (Fsp3) is 0.857. The van der Waals surface area contributed by atoms with Gasteiger partial charge in [-0.15, -0.1) is 0 Å². The van der Waals surface area contributed by atoms with Gasteiger partial charge in [0.15, 0.2) is 0 Å². The van der Waals surface area contributed by atoms with Gasteiger partial charge < -0.3 is 8.84 Å². The van der Waals surface area contributed by atoms with Gasteiger partial charge in [0.1, 0.15) is 0 Å². The molecule has 0 amide bonds. The van der Waals surface area contributed by atoms with Crippen molar-refractivity contribution in [3.63, 3.8) is 0 Å². The van der Waals surface area contributed by atoms with Gasteiger partial charge >= 0.3 is 0 Å². The van der Waals surface area contributed by atoms with Crippen LogP contribution in [0.2, 0.25) is 19.1 Å². The summed E-state index contributed by atoms with van der Waals surface area (Å²) in [6, 6.07) is 0.657. The van der Waals surface area contributed by atoms with Crippen LogP contribution in [0.5, 0.6) is 0 Å². The van der Waals surface area contributed by atoms with E-state index in [1.165, 1.54) is 11.8 Å². The fourth-order valence-electron chi connectivity index (χ4n) is 0.707. The summed E-state index contributed by atoms with van der Waals surface area (Å²) >= 11 is 6.23. The SMILES string of the molecule is CSC(=S)OCCC[Si](C)(C)F. The summed E-state index contributed by atoms with van der Waals surface area (Å²) < 4.78 is 18.7. The molecule has 0 aromatic rings. The van der Waals surface area contributed by atoms with E-state index < -0.39 is 8.41 Å². The molecule has 72 valence electrons. The maximum absolute atomic E-state index is 13.0. The molecule has 0 spiro atoms. The van der Waals surface area contributed by atoms with Crippen molar-refractivity contribution in [3.05, 3.63) is 0 Å². The van der Waals surface area contributed by atoms with E-state index in [1.54, 1.807) is 13.1 Å². The monoisotopic (exact) mass is 226 g/mol. The molecule has 0 radical (unpaired) electrons. The molecule has 0 aromatic heterocycles. The van der Waals surface area contributed by atoms with Gasteiger partial charge in [-0.1, -0.05) is 11.8 Å². The zero-order valence-electron chi connectivity index (χ0n) is 7.72. The molecule has 0 aliphatic carbocycles. The van der Waals surface area contributed by atoms with Gasteiger partial charge in [0.05, 0.1) is 6.61 Å². The zero-order chi connectivity index (χ0) is 9.61. The highest BCUT2D eigenvalue weighted by Crippen LogP contribution is 2.13. The fourth-order valence-corrected chi connectivity index (χ4v) is 1.98. The van der Waals surface area contributed by atoms with E-state index in [2.05, 4.69) is 0 Å². The van der Waals surface area contributed by atoms with E-state index in [0.29, 0.717) is 17.0 Å². The Bertz CT molecular complexity index is 147. The summed E-state index contributed by atoms with van der Waals surface area (Å²) in [5, 5.41) is 0. The van der Waals surface area contributed by atoms with Crippen molar-refractivity contribution in [1.82, 2.24) is 0 Å². The Balaban J connectivity index is 3.28. The second-order valence-electron chi connectivity index (χ2n) is 3.12. The normalized spacial score (nSPS) is 11.3. The molecule has 0 fully saturated rings. The number of ether oxygens (including phenoxy) is 1. The van der Waals surface area contributed by atoms with Crippen molar-refractivity contribution in [2.24, 2.45) is 0 Å². The minimum atomic E-state index is -2.37. The van der Waals surface area contributed by atoms with Gasteiger partial charge in [-0.2, -0.15) is 0 Å². The van der Waals surface area contributed by atoms with Crippen LogP contribution in [0.4, 0.5) is 4.11 Å². The van der Waals surface area contributed by atoms with Gasteiger partial charge in [0, 0.05) is 0 Å². The second kappa shape index (κ2) is 5.94. The van der Waals surface area contributed by atoms with Crippen LogP contribution >= 0.6 is 24.0 Å². The maximum atomic E-state index is 13.0. The first kappa shape index (κ1) is 12.4. The molecule has 1 nitrogen and oxygen atoms in total. The lowest BCUT2D eigenvalue weighted by Gasteiger charge is -2.10. The first-order valence-electron chi connectivity index (χ1n) is 3.85. The quantitative estimate of drug-likeness (QED) is 0.315. The average Bonchev–Trinajstić information content (AvgIpc) is 1.96. The van der Waals surface area contributed by atoms with Crippen LogP contribution < -0.4 is 0 Å². The molecule has 0 saturated heterocycles. The van der Waals surface area contributed by atoms with Crippen molar-refractivity contribution in [2.45, 2.75) is 25.6 Å². The topological polar surface area (TPSA) is 9.23 Å². The molecule has 5 heteroatoms. The predicted molar refractivity (Wildman–Crippen MR) is 60.1 cm³/mol. The van der Waals surface area contributed by atoms with Crippen LogP contribution in [0.15, 0.2) is 0 Å². The third-order valence-electron chi connectivity index (χ3n) is 1.30. The first-order valence-corrected chi connectivity index (χ1v) is 8.57. The van der Waals surface area contributed by atoms with E-state index >= 15 is 0 Å². The lowest BCUT2D eigenvalue weighted by atomic mass is 10.5. The van der Waals surface area contributed by atoms with E-state index in [1.807, 2.05) is 6.26 Å². The van der Waals surface area contributed by atoms with Crippen molar-refractivity contribution in [2.75, 3.05) is 12.9 Å². The molecule has 0 atom stereocenters.